The molecule has 0 atom stereocenters. The molecule has 160 valence electrons. The van der Waals surface area contributed by atoms with Gasteiger partial charge in [0.05, 0.1) is 30.2 Å². The second-order valence-corrected chi connectivity index (χ2v) is 7.28. The van der Waals surface area contributed by atoms with Crippen molar-refractivity contribution < 1.29 is 18.0 Å². The van der Waals surface area contributed by atoms with Gasteiger partial charge in [0.25, 0.3) is 5.91 Å². The summed E-state index contributed by atoms with van der Waals surface area (Å²) < 4.78 is 42.1. The van der Waals surface area contributed by atoms with Crippen molar-refractivity contribution in [1.29, 1.82) is 5.41 Å². The molecular weight excluding hydrogens is 409 g/mol. The van der Waals surface area contributed by atoms with Crippen molar-refractivity contribution in [3.8, 4) is 0 Å². The van der Waals surface area contributed by atoms with Gasteiger partial charge in [0.1, 0.15) is 5.52 Å². The third-order valence-electron chi connectivity index (χ3n) is 5.21. The summed E-state index contributed by atoms with van der Waals surface area (Å²) in [5, 5.41) is 19.5. The number of benzene rings is 1. The van der Waals surface area contributed by atoms with Gasteiger partial charge in [0.2, 0.25) is 0 Å². The molecule has 0 unspecified atom stereocenters. The number of aromatic nitrogens is 3. The predicted molar refractivity (Wildman–Crippen MR) is 108 cm³/mol. The van der Waals surface area contributed by atoms with Gasteiger partial charge < -0.3 is 15.6 Å². The number of halogens is 3. The first kappa shape index (κ1) is 20.6. The van der Waals surface area contributed by atoms with E-state index < -0.39 is 17.5 Å². The van der Waals surface area contributed by atoms with Crippen molar-refractivity contribution in [3.63, 3.8) is 0 Å². The van der Waals surface area contributed by atoms with Gasteiger partial charge in [-0.1, -0.05) is 0 Å². The van der Waals surface area contributed by atoms with Crippen LogP contribution in [0.3, 0.4) is 0 Å². The minimum Gasteiger partial charge on any atom is -0.387 e. The fourth-order valence-corrected chi connectivity index (χ4v) is 3.69. The molecule has 4 rings (SSSR count). The van der Waals surface area contributed by atoms with Crippen LogP contribution in [0.5, 0.6) is 0 Å². The van der Waals surface area contributed by atoms with Crippen LogP contribution in [0.2, 0.25) is 0 Å². The number of nitrogens with one attached hydrogen (secondary N) is 2. The maximum absolute atomic E-state index is 13.7. The average Bonchev–Trinajstić information content (AvgIpc) is 3.16. The Balaban J connectivity index is 1.62. The molecule has 0 radical (unpaired) electrons. The summed E-state index contributed by atoms with van der Waals surface area (Å²) in [6.07, 6.45) is 3.38. The van der Waals surface area contributed by atoms with Crippen LogP contribution >= 0.6 is 0 Å². The molecule has 1 aromatic carbocycles. The van der Waals surface area contributed by atoms with Gasteiger partial charge in [-0.3, -0.25) is 4.79 Å². The van der Waals surface area contributed by atoms with Crippen LogP contribution in [0.4, 0.5) is 13.2 Å². The summed E-state index contributed by atoms with van der Waals surface area (Å²) in [5.74, 6) is -4.44. The molecule has 0 bridgehead atoms. The maximum Gasteiger partial charge on any atom is 0.258 e. The highest BCUT2D eigenvalue weighted by atomic mass is 19.2. The Morgan fingerprint density at radius 3 is 2.45 bits per heavy atom. The van der Waals surface area contributed by atoms with Crippen LogP contribution < -0.4 is 5.32 Å². The molecule has 0 saturated carbocycles. The van der Waals surface area contributed by atoms with Crippen molar-refractivity contribution in [2.75, 3.05) is 20.1 Å². The van der Waals surface area contributed by atoms with E-state index in [0.717, 1.165) is 17.7 Å². The standard InChI is InChI=1S/C21H19F3N6O/c1-11-5-18-14(9-28-30(18)27-8-11)21(31)29-4-3-13(17(25)10-29)20(26-2)12-6-15(22)19(24)16(23)7-12/h5-9,25-26H,3-4,10H2,1-2H3/b20-13-,25-17?. The number of rotatable bonds is 3. The molecule has 0 aliphatic carbocycles. The van der Waals surface area contributed by atoms with Crippen molar-refractivity contribution in [2.24, 2.45) is 0 Å². The lowest BCUT2D eigenvalue weighted by Gasteiger charge is -2.30. The van der Waals surface area contributed by atoms with E-state index in [0.29, 0.717) is 28.9 Å². The highest BCUT2D eigenvalue weighted by Crippen LogP contribution is 2.26. The van der Waals surface area contributed by atoms with Gasteiger partial charge in [-0.25, -0.2) is 13.2 Å². The molecule has 7 nitrogen and oxygen atoms in total. The van der Waals surface area contributed by atoms with Crippen molar-refractivity contribution in [3.05, 3.63) is 70.3 Å². The van der Waals surface area contributed by atoms with E-state index in [9.17, 15) is 18.0 Å². The topological polar surface area (TPSA) is 86.4 Å². The molecule has 10 heteroatoms. The fourth-order valence-electron chi connectivity index (χ4n) is 3.69. The zero-order valence-corrected chi connectivity index (χ0v) is 16.8. The summed E-state index contributed by atoms with van der Waals surface area (Å²) in [6, 6.07) is 3.58. The molecule has 1 amide bonds. The quantitative estimate of drug-likeness (QED) is 0.628. The number of carbonyl (C=O) groups is 1. The van der Waals surface area contributed by atoms with Gasteiger partial charge in [-0.2, -0.15) is 14.8 Å². The molecule has 1 fully saturated rings. The third kappa shape index (κ3) is 3.65. The number of hydrogen-bond donors (Lipinski definition) is 2. The first-order chi connectivity index (χ1) is 14.8. The van der Waals surface area contributed by atoms with Crippen LogP contribution in [0.25, 0.3) is 11.2 Å². The van der Waals surface area contributed by atoms with E-state index in [1.807, 2.05) is 13.0 Å². The monoisotopic (exact) mass is 428 g/mol. The average molecular weight is 428 g/mol. The third-order valence-corrected chi connectivity index (χ3v) is 5.21. The number of piperidine rings is 1. The molecule has 1 saturated heterocycles. The molecule has 1 aliphatic heterocycles. The van der Waals surface area contributed by atoms with Crippen LogP contribution in [0.15, 0.2) is 36.2 Å². The Labute approximate surface area is 175 Å². The number of hydrogen-bond acceptors (Lipinski definition) is 5. The van der Waals surface area contributed by atoms with E-state index >= 15 is 0 Å². The van der Waals surface area contributed by atoms with Crippen molar-refractivity contribution >= 4 is 22.8 Å². The Hall–Kier alpha value is -3.69. The SMILES string of the molecule is CN/C(=C1/CCN(C(=O)c2cnn3ncc(C)cc23)CC1=N)c1cc(F)c(F)c(F)c1. The van der Waals surface area contributed by atoms with Gasteiger partial charge in [0.15, 0.2) is 17.5 Å². The molecule has 3 aromatic rings. The molecule has 2 N–H and O–H groups in total. The van der Waals surface area contributed by atoms with Gasteiger partial charge >= 0.3 is 0 Å². The lowest BCUT2D eigenvalue weighted by Crippen LogP contribution is -2.41. The van der Waals surface area contributed by atoms with Crippen molar-refractivity contribution in [1.82, 2.24) is 25.0 Å². The van der Waals surface area contributed by atoms with Gasteiger partial charge in [-0.05, 0) is 37.1 Å². The zero-order chi connectivity index (χ0) is 22.3. The predicted octanol–water partition coefficient (Wildman–Crippen LogP) is 2.95. The van der Waals surface area contributed by atoms with E-state index in [-0.39, 0.29) is 30.1 Å². The second-order valence-electron chi connectivity index (χ2n) is 7.28. The van der Waals surface area contributed by atoms with Crippen LogP contribution in [0.1, 0.15) is 27.9 Å². The number of likely N-dealkylation sites (tertiary alicyclic amines) is 1. The lowest BCUT2D eigenvalue weighted by molar-refractivity contribution is 0.0777. The Morgan fingerprint density at radius 2 is 1.81 bits per heavy atom. The van der Waals surface area contributed by atoms with Crippen LogP contribution in [-0.2, 0) is 0 Å². The fraction of sp³-hybridized carbons (Fsp3) is 0.238. The van der Waals surface area contributed by atoms with E-state index in [4.69, 9.17) is 5.41 Å². The summed E-state index contributed by atoms with van der Waals surface area (Å²) in [4.78, 5) is 14.6. The normalized spacial score (nSPS) is 16.0. The second kappa shape index (κ2) is 7.86. The highest BCUT2D eigenvalue weighted by Gasteiger charge is 2.28. The number of amides is 1. The van der Waals surface area contributed by atoms with Crippen LogP contribution in [-0.4, -0.2) is 51.5 Å². The summed E-state index contributed by atoms with van der Waals surface area (Å²) in [5.41, 5.74) is 2.90. The molecule has 1 aliphatic rings. The van der Waals surface area contributed by atoms with E-state index in [1.54, 1.807) is 13.2 Å². The Morgan fingerprint density at radius 1 is 1.13 bits per heavy atom. The molecule has 31 heavy (non-hydrogen) atoms. The van der Waals surface area contributed by atoms with E-state index in [2.05, 4.69) is 15.5 Å². The first-order valence-electron chi connectivity index (χ1n) is 9.53. The number of carbonyl (C=O) groups excluding carboxylic acids is 1. The van der Waals surface area contributed by atoms with Gasteiger partial charge in [0, 0.05) is 30.4 Å². The number of nitrogens with zero attached hydrogens (tertiary/aromatic N) is 4. The highest BCUT2D eigenvalue weighted by molar-refractivity contribution is 6.09. The zero-order valence-electron chi connectivity index (χ0n) is 16.8. The Kier molecular flexibility index (Phi) is 5.22. The first-order valence-corrected chi connectivity index (χ1v) is 9.53. The lowest BCUT2D eigenvalue weighted by atomic mass is 9.95. The molecule has 2 aromatic heterocycles. The van der Waals surface area contributed by atoms with Crippen molar-refractivity contribution in [2.45, 2.75) is 13.3 Å². The molecule has 0 spiro atoms. The molecule has 3 heterocycles. The number of fused-ring (bicyclic) bond motifs is 1. The summed E-state index contributed by atoms with van der Waals surface area (Å²) >= 11 is 0. The smallest absolute Gasteiger partial charge is 0.258 e. The Bertz CT molecular complexity index is 1230. The molecular formula is C21H19F3N6O. The minimum absolute atomic E-state index is 0.0160. The van der Waals surface area contributed by atoms with Crippen LogP contribution in [0, 0.1) is 29.8 Å². The largest absolute Gasteiger partial charge is 0.387 e. The summed E-state index contributed by atoms with van der Waals surface area (Å²) in [6.45, 7) is 2.18. The summed E-state index contributed by atoms with van der Waals surface area (Å²) in [7, 11) is 1.56. The van der Waals surface area contributed by atoms with Gasteiger partial charge in [-0.15, -0.1) is 0 Å². The van der Waals surface area contributed by atoms with E-state index in [1.165, 1.54) is 15.7 Å². The number of aryl methyl sites for hydroxylation is 1. The minimum atomic E-state index is -1.54. The maximum atomic E-state index is 13.7.